The molecule has 1 fully saturated rings. The zero-order chi connectivity index (χ0) is 11.3. The highest BCUT2D eigenvalue weighted by molar-refractivity contribution is 5.66. The lowest BCUT2D eigenvalue weighted by molar-refractivity contribution is -0.0160. The fourth-order valence-electron chi connectivity index (χ4n) is 1.37. The van der Waals surface area contributed by atoms with Gasteiger partial charge in [-0.2, -0.15) is 5.48 Å². The van der Waals surface area contributed by atoms with E-state index in [0.717, 1.165) is 19.5 Å². The Balaban J connectivity index is 2.06. The number of hydroxylamine groups is 1. The van der Waals surface area contributed by atoms with Crippen molar-refractivity contribution in [1.82, 2.24) is 10.8 Å². The van der Waals surface area contributed by atoms with E-state index in [1.807, 2.05) is 20.8 Å². The molecule has 1 amide bonds. The molecule has 88 valence electrons. The first-order valence-electron chi connectivity index (χ1n) is 5.29. The Labute approximate surface area is 90.5 Å². The van der Waals surface area contributed by atoms with E-state index in [9.17, 15) is 4.79 Å². The van der Waals surface area contributed by atoms with Crippen molar-refractivity contribution in [3.8, 4) is 0 Å². The highest BCUT2D eigenvalue weighted by atomic mass is 16.7. The average molecular weight is 216 g/mol. The summed E-state index contributed by atoms with van der Waals surface area (Å²) in [6, 6.07) is 0. The zero-order valence-corrected chi connectivity index (χ0v) is 9.63. The van der Waals surface area contributed by atoms with Gasteiger partial charge in [-0.3, -0.25) is 4.84 Å². The zero-order valence-electron chi connectivity index (χ0n) is 9.63. The van der Waals surface area contributed by atoms with Gasteiger partial charge in [-0.1, -0.05) is 0 Å². The van der Waals surface area contributed by atoms with Gasteiger partial charge >= 0.3 is 6.09 Å². The third kappa shape index (κ3) is 5.59. The minimum atomic E-state index is -0.534. The molecule has 0 radical (unpaired) electrons. The first-order chi connectivity index (χ1) is 6.97. The lowest BCUT2D eigenvalue weighted by Crippen LogP contribution is -2.33. The van der Waals surface area contributed by atoms with Crippen LogP contribution >= 0.6 is 0 Å². The molecule has 2 N–H and O–H groups in total. The molecular weight excluding hydrogens is 196 g/mol. The Morgan fingerprint density at radius 2 is 2.27 bits per heavy atom. The van der Waals surface area contributed by atoms with Crippen LogP contribution in [-0.4, -0.2) is 31.4 Å². The summed E-state index contributed by atoms with van der Waals surface area (Å²) >= 11 is 0. The summed E-state index contributed by atoms with van der Waals surface area (Å²) in [7, 11) is 0. The van der Waals surface area contributed by atoms with E-state index in [1.165, 1.54) is 0 Å². The number of rotatable bonds is 3. The fraction of sp³-hybridized carbons (Fsp3) is 0.900. The van der Waals surface area contributed by atoms with Gasteiger partial charge < -0.3 is 10.1 Å². The summed E-state index contributed by atoms with van der Waals surface area (Å²) in [5, 5.41) is 3.22. The van der Waals surface area contributed by atoms with Crippen LogP contribution in [0.3, 0.4) is 0 Å². The Hall–Kier alpha value is -0.810. The molecule has 1 saturated heterocycles. The standard InChI is InChI=1S/C10H20N2O3/c1-10(2,3)15-9(13)12-14-7-8-4-5-11-6-8/h8,11H,4-7H2,1-3H3,(H,12,13). The summed E-state index contributed by atoms with van der Waals surface area (Å²) in [4.78, 5) is 16.2. The van der Waals surface area contributed by atoms with Gasteiger partial charge in [0.25, 0.3) is 0 Å². The van der Waals surface area contributed by atoms with Gasteiger partial charge in [0, 0.05) is 6.54 Å². The van der Waals surface area contributed by atoms with Crippen molar-refractivity contribution >= 4 is 6.09 Å². The SMILES string of the molecule is CC(C)(C)OC(=O)NOCC1CCNC1. The third-order valence-corrected chi connectivity index (χ3v) is 2.04. The number of amides is 1. The quantitative estimate of drug-likeness (QED) is 0.692. The maximum Gasteiger partial charge on any atom is 0.431 e. The van der Waals surface area contributed by atoms with Crippen LogP contribution in [0.4, 0.5) is 4.79 Å². The second-order valence-corrected chi connectivity index (χ2v) is 4.77. The van der Waals surface area contributed by atoms with Crippen LogP contribution in [0.2, 0.25) is 0 Å². The maximum absolute atomic E-state index is 11.2. The van der Waals surface area contributed by atoms with Gasteiger partial charge in [0.05, 0.1) is 6.61 Å². The molecule has 15 heavy (non-hydrogen) atoms. The molecule has 1 unspecified atom stereocenters. The van der Waals surface area contributed by atoms with Crippen LogP contribution in [-0.2, 0) is 9.57 Å². The van der Waals surface area contributed by atoms with E-state index >= 15 is 0 Å². The molecule has 0 spiro atoms. The molecule has 1 aliphatic heterocycles. The van der Waals surface area contributed by atoms with Gasteiger partial charge in [0.15, 0.2) is 0 Å². The first kappa shape index (κ1) is 12.3. The molecule has 1 heterocycles. The van der Waals surface area contributed by atoms with E-state index in [4.69, 9.17) is 9.57 Å². The fourth-order valence-corrected chi connectivity index (χ4v) is 1.37. The Kier molecular flexibility index (Phi) is 4.35. The molecule has 0 saturated carbocycles. The highest BCUT2D eigenvalue weighted by Gasteiger charge is 2.18. The van der Waals surface area contributed by atoms with Crippen LogP contribution < -0.4 is 10.8 Å². The normalized spacial score (nSPS) is 21.4. The molecule has 1 aliphatic rings. The van der Waals surface area contributed by atoms with Crippen LogP contribution in [0.5, 0.6) is 0 Å². The van der Waals surface area contributed by atoms with Crippen molar-refractivity contribution in [3.05, 3.63) is 0 Å². The minimum absolute atomic E-state index is 0.484. The predicted molar refractivity (Wildman–Crippen MR) is 56.3 cm³/mol. The van der Waals surface area contributed by atoms with E-state index in [-0.39, 0.29) is 0 Å². The number of hydrogen-bond donors (Lipinski definition) is 2. The largest absolute Gasteiger partial charge is 0.442 e. The van der Waals surface area contributed by atoms with E-state index in [1.54, 1.807) is 0 Å². The summed E-state index contributed by atoms with van der Waals surface area (Å²) in [5.74, 6) is 0.486. The summed E-state index contributed by atoms with van der Waals surface area (Å²) < 4.78 is 5.01. The Morgan fingerprint density at radius 3 is 2.80 bits per heavy atom. The molecule has 0 aromatic carbocycles. The summed E-state index contributed by atoms with van der Waals surface area (Å²) in [5.41, 5.74) is 1.79. The molecule has 5 heteroatoms. The molecule has 0 aromatic heterocycles. The second-order valence-electron chi connectivity index (χ2n) is 4.77. The van der Waals surface area contributed by atoms with Crippen molar-refractivity contribution < 1.29 is 14.4 Å². The number of carbonyl (C=O) groups is 1. The topological polar surface area (TPSA) is 59.6 Å². The molecule has 0 aliphatic carbocycles. The minimum Gasteiger partial charge on any atom is -0.442 e. The van der Waals surface area contributed by atoms with E-state index in [2.05, 4.69) is 10.8 Å². The Morgan fingerprint density at radius 1 is 1.53 bits per heavy atom. The smallest absolute Gasteiger partial charge is 0.431 e. The number of nitrogens with one attached hydrogen (secondary N) is 2. The summed E-state index contributed by atoms with van der Waals surface area (Å²) in [6.07, 6.45) is 0.559. The monoisotopic (exact) mass is 216 g/mol. The number of carbonyl (C=O) groups excluding carboxylic acids is 1. The van der Waals surface area contributed by atoms with Gasteiger partial charge in [-0.25, -0.2) is 4.79 Å². The number of hydrogen-bond acceptors (Lipinski definition) is 4. The Bertz CT molecular complexity index is 207. The molecule has 5 nitrogen and oxygen atoms in total. The molecule has 0 aromatic rings. The maximum atomic E-state index is 11.2. The number of ether oxygens (including phenoxy) is 1. The average Bonchev–Trinajstić information content (AvgIpc) is 2.53. The highest BCUT2D eigenvalue weighted by Crippen LogP contribution is 2.08. The third-order valence-electron chi connectivity index (χ3n) is 2.04. The van der Waals surface area contributed by atoms with Crippen molar-refractivity contribution in [1.29, 1.82) is 0 Å². The van der Waals surface area contributed by atoms with Crippen LogP contribution in [0.25, 0.3) is 0 Å². The molecular formula is C10H20N2O3. The molecule has 1 atom stereocenters. The van der Waals surface area contributed by atoms with Gasteiger partial charge in [-0.05, 0) is 39.7 Å². The first-order valence-corrected chi connectivity index (χ1v) is 5.29. The molecule has 0 bridgehead atoms. The van der Waals surface area contributed by atoms with Gasteiger partial charge in [-0.15, -0.1) is 0 Å². The van der Waals surface area contributed by atoms with Crippen molar-refractivity contribution in [2.24, 2.45) is 5.92 Å². The molecule has 1 rings (SSSR count). The lowest BCUT2D eigenvalue weighted by atomic mass is 10.1. The van der Waals surface area contributed by atoms with Crippen LogP contribution in [0.15, 0.2) is 0 Å². The lowest BCUT2D eigenvalue weighted by Gasteiger charge is -2.19. The van der Waals surface area contributed by atoms with Crippen LogP contribution in [0.1, 0.15) is 27.2 Å². The van der Waals surface area contributed by atoms with Crippen molar-refractivity contribution in [2.45, 2.75) is 32.8 Å². The van der Waals surface area contributed by atoms with Gasteiger partial charge in [0.2, 0.25) is 0 Å². The summed E-state index contributed by atoms with van der Waals surface area (Å²) in [6.45, 7) is 7.96. The van der Waals surface area contributed by atoms with Crippen LogP contribution in [0, 0.1) is 5.92 Å². The van der Waals surface area contributed by atoms with E-state index < -0.39 is 11.7 Å². The van der Waals surface area contributed by atoms with Gasteiger partial charge in [0.1, 0.15) is 5.60 Å². The van der Waals surface area contributed by atoms with E-state index in [0.29, 0.717) is 12.5 Å². The predicted octanol–water partition coefficient (Wildman–Crippen LogP) is 1.05. The second kappa shape index (κ2) is 5.32. The van der Waals surface area contributed by atoms with Crippen molar-refractivity contribution in [3.63, 3.8) is 0 Å². The van der Waals surface area contributed by atoms with Crippen molar-refractivity contribution in [2.75, 3.05) is 19.7 Å².